The minimum atomic E-state index is 0.344. The second kappa shape index (κ2) is 45.7. The summed E-state index contributed by atoms with van der Waals surface area (Å²) in [5.74, 6) is 12.9. The van der Waals surface area contributed by atoms with Gasteiger partial charge in [0.25, 0.3) is 0 Å². The monoisotopic (exact) mass is 1130 g/mol. The Kier molecular flexibility index (Phi) is 42.1. The fourth-order valence-electron chi connectivity index (χ4n) is 12.1. The van der Waals surface area contributed by atoms with Gasteiger partial charge in [-0.25, -0.2) is 0 Å². The number of ether oxygens (including phenoxy) is 5. The highest BCUT2D eigenvalue weighted by atomic mass is 16.5. The standard InChI is InChI=1S/C75H137NO5/c1-57(2)26-17-29-60(7)32-20-35-63(10)38-23-41-66(13)46-49-78-73-52-69(56-81-72-54-71(77-16)45-44-70(72)55-76)53-74(79-50-47-67(14)42-24-39-64(11)36-21-33-61(8)30-18-27-58(3)4)75(73)80-51-48-68(15)43-25-40-65(12)37-22-34-62(9)31-19-28-59(5)6/h44-45,52-54,57-68H,17-43,46-51,55-56,76H2,1-16H3/t60-,61-,62-,63-,64-,65-,66?,67?,68?/m1/s1. The van der Waals surface area contributed by atoms with Crippen molar-refractivity contribution in [3.05, 3.63) is 41.5 Å². The Morgan fingerprint density at radius 2 is 0.605 bits per heavy atom. The molecule has 2 aromatic carbocycles. The molecule has 0 spiro atoms. The molecular formula is C75H137NO5. The van der Waals surface area contributed by atoms with Crippen LogP contribution in [0, 0.1) is 71.0 Å². The summed E-state index contributed by atoms with van der Waals surface area (Å²) in [5, 5.41) is 0. The lowest BCUT2D eigenvalue weighted by Gasteiger charge is -2.21. The minimum Gasteiger partial charge on any atom is -0.497 e. The van der Waals surface area contributed by atoms with Crippen LogP contribution in [0.2, 0.25) is 0 Å². The molecule has 0 bridgehead atoms. The quantitative estimate of drug-likeness (QED) is 0.0712. The van der Waals surface area contributed by atoms with Crippen LogP contribution in [0.4, 0.5) is 0 Å². The minimum absolute atomic E-state index is 0.344. The van der Waals surface area contributed by atoms with Crippen LogP contribution in [0.1, 0.15) is 308 Å². The van der Waals surface area contributed by atoms with Crippen LogP contribution >= 0.6 is 0 Å². The molecule has 0 amide bonds. The molecule has 0 saturated heterocycles. The Balaban J connectivity index is 2.18. The second-order valence-electron chi connectivity index (χ2n) is 28.8. The molecule has 0 heterocycles. The molecule has 0 radical (unpaired) electrons. The Hall–Kier alpha value is -2.60. The average Bonchev–Trinajstić information content (AvgIpc) is 3.41. The lowest BCUT2D eigenvalue weighted by Crippen LogP contribution is -2.11. The van der Waals surface area contributed by atoms with E-state index in [4.69, 9.17) is 29.4 Å². The van der Waals surface area contributed by atoms with E-state index >= 15 is 0 Å². The largest absolute Gasteiger partial charge is 0.497 e. The van der Waals surface area contributed by atoms with E-state index in [1.54, 1.807) is 7.11 Å². The van der Waals surface area contributed by atoms with Crippen LogP contribution in [0.3, 0.4) is 0 Å². The molecule has 0 aliphatic heterocycles. The van der Waals surface area contributed by atoms with Crippen molar-refractivity contribution in [3.63, 3.8) is 0 Å². The van der Waals surface area contributed by atoms with E-state index in [-0.39, 0.29) is 0 Å². The van der Waals surface area contributed by atoms with E-state index in [0.29, 0.717) is 50.7 Å². The molecular weight excluding hydrogens is 995 g/mol. The van der Waals surface area contributed by atoms with Gasteiger partial charge in [0.05, 0.1) is 26.9 Å². The van der Waals surface area contributed by atoms with Crippen LogP contribution in [0.25, 0.3) is 0 Å². The number of methoxy groups -OCH3 is 1. The number of nitrogens with two attached hydrogens (primary N) is 1. The van der Waals surface area contributed by atoms with Crippen LogP contribution in [-0.2, 0) is 13.2 Å². The van der Waals surface area contributed by atoms with Crippen molar-refractivity contribution in [2.24, 2.45) is 76.7 Å². The molecule has 0 fully saturated rings. The summed E-state index contributed by atoms with van der Waals surface area (Å²) in [6.45, 7) is 38.8. The van der Waals surface area contributed by atoms with Gasteiger partial charge in [-0.2, -0.15) is 0 Å². The second-order valence-corrected chi connectivity index (χ2v) is 28.8. The van der Waals surface area contributed by atoms with Crippen molar-refractivity contribution in [2.75, 3.05) is 26.9 Å². The summed E-state index contributed by atoms with van der Waals surface area (Å²) in [5.41, 5.74) is 8.13. The van der Waals surface area contributed by atoms with Gasteiger partial charge in [-0.1, -0.05) is 283 Å². The molecule has 3 unspecified atom stereocenters. The van der Waals surface area contributed by atoms with Gasteiger partial charge in [-0.05, 0) is 114 Å². The van der Waals surface area contributed by atoms with Crippen molar-refractivity contribution < 1.29 is 23.7 Å². The molecule has 0 aliphatic carbocycles. The van der Waals surface area contributed by atoms with E-state index in [0.717, 1.165) is 112 Å². The van der Waals surface area contributed by atoms with Gasteiger partial charge in [0.15, 0.2) is 11.5 Å². The van der Waals surface area contributed by atoms with Crippen LogP contribution in [-0.4, -0.2) is 26.9 Å². The van der Waals surface area contributed by atoms with Crippen molar-refractivity contribution >= 4 is 0 Å². The molecule has 6 heteroatoms. The van der Waals surface area contributed by atoms with Gasteiger partial charge in [-0.15, -0.1) is 0 Å². The van der Waals surface area contributed by atoms with Crippen LogP contribution in [0.15, 0.2) is 30.3 Å². The van der Waals surface area contributed by atoms with Gasteiger partial charge in [0.1, 0.15) is 18.1 Å². The molecule has 6 nitrogen and oxygen atoms in total. The molecule has 2 rings (SSSR count). The third-order valence-corrected chi connectivity index (χ3v) is 18.4. The summed E-state index contributed by atoms with van der Waals surface area (Å²) in [6, 6.07) is 10.1. The zero-order valence-corrected chi connectivity index (χ0v) is 56.7. The van der Waals surface area contributed by atoms with Crippen LogP contribution < -0.4 is 29.4 Å². The normalized spacial score (nSPS) is 15.4. The average molecular weight is 1130 g/mol. The predicted molar refractivity (Wildman–Crippen MR) is 354 cm³/mol. The van der Waals surface area contributed by atoms with Crippen molar-refractivity contribution in [3.8, 4) is 28.7 Å². The maximum Gasteiger partial charge on any atom is 0.203 e. The van der Waals surface area contributed by atoms with Crippen molar-refractivity contribution in [1.82, 2.24) is 0 Å². The number of rotatable bonds is 53. The highest BCUT2D eigenvalue weighted by Gasteiger charge is 2.20. The first-order chi connectivity index (χ1) is 38.8. The summed E-state index contributed by atoms with van der Waals surface area (Å²) in [4.78, 5) is 0. The summed E-state index contributed by atoms with van der Waals surface area (Å²) in [7, 11) is 1.69. The lowest BCUT2D eigenvalue weighted by molar-refractivity contribution is 0.214. The molecule has 9 atom stereocenters. The molecule has 0 aliphatic rings. The molecule has 2 aromatic rings. The predicted octanol–water partition coefficient (Wildman–Crippen LogP) is 23.3. The Morgan fingerprint density at radius 1 is 0.321 bits per heavy atom. The Bertz CT molecular complexity index is 1720. The fraction of sp³-hybridized carbons (Fsp3) is 0.840. The zero-order valence-electron chi connectivity index (χ0n) is 56.7. The third kappa shape index (κ3) is 38.1. The number of hydrogen-bond donors (Lipinski definition) is 1. The van der Waals surface area contributed by atoms with Crippen molar-refractivity contribution in [1.29, 1.82) is 0 Å². The van der Waals surface area contributed by atoms with E-state index in [2.05, 4.69) is 116 Å². The van der Waals surface area contributed by atoms with E-state index < -0.39 is 0 Å². The smallest absolute Gasteiger partial charge is 0.203 e. The van der Waals surface area contributed by atoms with Gasteiger partial charge in [0.2, 0.25) is 5.75 Å². The Labute approximate surface area is 504 Å². The Morgan fingerprint density at radius 3 is 0.889 bits per heavy atom. The first-order valence-corrected chi connectivity index (χ1v) is 34.8. The van der Waals surface area contributed by atoms with E-state index in [1.165, 1.54) is 173 Å². The first kappa shape index (κ1) is 74.5. The zero-order chi connectivity index (χ0) is 59.8. The maximum atomic E-state index is 6.89. The van der Waals surface area contributed by atoms with Gasteiger partial charge < -0.3 is 29.4 Å². The summed E-state index contributed by atoms with van der Waals surface area (Å²) in [6.07, 6.45) is 39.3. The van der Waals surface area contributed by atoms with E-state index in [1.807, 2.05) is 18.2 Å². The molecule has 81 heavy (non-hydrogen) atoms. The lowest BCUT2D eigenvalue weighted by atomic mass is 9.91. The summed E-state index contributed by atoms with van der Waals surface area (Å²) >= 11 is 0. The van der Waals surface area contributed by atoms with Gasteiger partial charge >= 0.3 is 0 Å². The third-order valence-electron chi connectivity index (χ3n) is 18.4. The van der Waals surface area contributed by atoms with Crippen molar-refractivity contribution in [2.45, 2.75) is 310 Å². The SMILES string of the molecule is COc1ccc(CN)c(OCc2cc(OCCC(C)CCC[C@H](C)CCC[C@H](C)CCCC(C)C)c(OCCC(C)CCC[C@H](C)CCC[C@H](C)CCCC(C)C)c(OCCC(C)CCC[C@H](C)CCC[C@H](C)CCCC(C)C)c2)c1. The first-order valence-electron chi connectivity index (χ1n) is 34.8. The van der Waals surface area contributed by atoms with E-state index in [9.17, 15) is 0 Å². The summed E-state index contributed by atoms with van der Waals surface area (Å²) < 4.78 is 32.7. The molecule has 0 saturated carbocycles. The topological polar surface area (TPSA) is 72.2 Å². The van der Waals surface area contributed by atoms with Gasteiger partial charge in [0, 0.05) is 18.2 Å². The van der Waals surface area contributed by atoms with Gasteiger partial charge in [-0.3, -0.25) is 0 Å². The molecule has 472 valence electrons. The number of benzene rings is 2. The highest BCUT2D eigenvalue weighted by Crippen LogP contribution is 2.41. The molecule has 2 N–H and O–H groups in total. The van der Waals surface area contributed by atoms with Crippen LogP contribution in [0.5, 0.6) is 28.7 Å². The molecule has 0 aromatic heterocycles. The highest BCUT2D eigenvalue weighted by molar-refractivity contribution is 5.54. The maximum absolute atomic E-state index is 6.89. The fourth-order valence-corrected chi connectivity index (χ4v) is 12.1. The number of hydrogen-bond acceptors (Lipinski definition) is 6.